The molecule has 1 heterocycles. The van der Waals surface area contributed by atoms with Crippen molar-refractivity contribution < 1.29 is 13.2 Å². The smallest absolute Gasteiger partial charge is 0.261 e. The molecule has 1 aliphatic heterocycles. The van der Waals surface area contributed by atoms with Crippen molar-refractivity contribution in [3.63, 3.8) is 0 Å². The van der Waals surface area contributed by atoms with Crippen LogP contribution < -0.4 is 10.0 Å². The molecule has 24 heavy (non-hydrogen) atoms. The summed E-state index contributed by atoms with van der Waals surface area (Å²) in [5.41, 5.74) is 2.56. The Morgan fingerprint density at radius 3 is 2.12 bits per heavy atom. The molecule has 0 aliphatic carbocycles. The summed E-state index contributed by atoms with van der Waals surface area (Å²) in [6, 6.07) is 14.5. The molecule has 1 fully saturated rings. The van der Waals surface area contributed by atoms with Crippen molar-refractivity contribution >= 4 is 21.4 Å². The van der Waals surface area contributed by atoms with Gasteiger partial charge in [0, 0.05) is 30.6 Å². The molecule has 6 heteroatoms. The second kappa shape index (κ2) is 7.23. The van der Waals surface area contributed by atoms with Gasteiger partial charge in [-0.15, -0.1) is 0 Å². The van der Waals surface area contributed by atoms with E-state index in [9.17, 15) is 8.42 Å². The molecule has 2 aromatic carbocycles. The van der Waals surface area contributed by atoms with Crippen LogP contribution in [-0.2, 0) is 14.8 Å². The van der Waals surface area contributed by atoms with Crippen LogP contribution in [0, 0.1) is 6.92 Å². The maximum atomic E-state index is 12.4. The molecule has 0 unspecified atom stereocenters. The summed E-state index contributed by atoms with van der Waals surface area (Å²) in [7, 11) is -3.56. The molecule has 1 saturated heterocycles. The molecular weight excluding hydrogens is 324 g/mol. The zero-order chi connectivity index (χ0) is 17.0. The molecule has 0 aromatic heterocycles. The van der Waals surface area contributed by atoms with Crippen LogP contribution in [0.5, 0.6) is 0 Å². The molecule has 0 amide bonds. The predicted octanol–water partition coefficient (Wildman–Crippen LogP) is 3.39. The van der Waals surface area contributed by atoms with Gasteiger partial charge in [0.2, 0.25) is 0 Å². The largest absolute Gasteiger partial charge is 0.382 e. The minimum absolute atomic E-state index is 0.262. The molecular formula is C18H22N2O3S. The SMILES string of the molecule is Cc1ccc(S(=O)(=O)Nc2ccc(NC3CCOCC3)cc2)cc1. The molecule has 128 valence electrons. The Bertz CT molecular complexity index is 765. The van der Waals surface area contributed by atoms with Crippen molar-refractivity contribution in [2.45, 2.75) is 30.7 Å². The molecule has 2 N–H and O–H groups in total. The highest BCUT2D eigenvalue weighted by molar-refractivity contribution is 7.92. The topological polar surface area (TPSA) is 67.4 Å². The minimum atomic E-state index is -3.56. The van der Waals surface area contributed by atoms with Crippen molar-refractivity contribution in [1.29, 1.82) is 0 Å². The van der Waals surface area contributed by atoms with Gasteiger partial charge in [-0.1, -0.05) is 17.7 Å². The van der Waals surface area contributed by atoms with E-state index in [1.807, 2.05) is 19.1 Å². The molecule has 1 aliphatic rings. The van der Waals surface area contributed by atoms with Gasteiger partial charge in [0.1, 0.15) is 0 Å². The summed E-state index contributed by atoms with van der Waals surface area (Å²) in [6.07, 6.45) is 1.98. The van der Waals surface area contributed by atoms with Crippen LogP contribution in [0.15, 0.2) is 53.4 Å². The predicted molar refractivity (Wildman–Crippen MR) is 95.9 cm³/mol. The van der Waals surface area contributed by atoms with Crippen LogP contribution in [-0.4, -0.2) is 27.7 Å². The lowest BCUT2D eigenvalue weighted by Crippen LogP contribution is -2.27. The normalized spacial score (nSPS) is 15.9. The highest BCUT2D eigenvalue weighted by atomic mass is 32.2. The lowest BCUT2D eigenvalue weighted by molar-refractivity contribution is 0.0904. The van der Waals surface area contributed by atoms with E-state index in [2.05, 4.69) is 10.0 Å². The van der Waals surface area contributed by atoms with Crippen molar-refractivity contribution in [2.75, 3.05) is 23.3 Å². The highest BCUT2D eigenvalue weighted by Crippen LogP contribution is 2.20. The Balaban J connectivity index is 1.66. The van der Waals surface area contributed by atoms with E-state index in [0.717, 1.165) is 37.3 Å². The number of aryl methyl sites for hydroxylation is 1. The summed E-state index contributed by atoms with van der Waals surface area (Å²) in [4.78, 5) is 0.262. The van der Waals surface area contributed by atoms with Crippen LogP contribution >= 0.6 is 0 Å². The molecule has 3 rings (SSSR count). The fourth-order valence-electron chi connectivity index (χ4n) is 2.64. The average molecular weight is 346 g/mol. The van der Waals surface area contributed by atoms with Gasteiger partial charge in [0.05, 0.1) is 4.90 Å². The molecule has 0 spiro atoms. The number of rotatable bonds is 5. The van der Waals surface area contributed by atoms with Gasteiger partial charge in [-0.3, -0.25) is 4.72 Å². The number of hydrogen-bond acceptors (Lipinski definition) is 4. The number of nitrogens with one attached hydrogen (secondary N) is 2. The van der Waals surface area contributed by atoms with Crippen molar-refractivity contribution in [1.82, 2.24) is 0 Å². The third-order valence-corrected chi connectivity index (χ3v) is 5.46. The van der Waals surface area contributed by atoms with Crippen LogP contribution in [0.25, 0.3) is 0 Å². The van der Waals surface area contributed by atoms with Crippen molar-refractivity contribution in [3.05, 3.63) is 54.1 Å². The van der Waals surface area contributed by atoms with E-state index >= 15 is 0 Å². The van der Waals surface area contributed by atoms with E-state index < -0.39 is 10.0 Å². The monoisotopic (exact) mass is 346 g/mol. The zero-order valence-corrected chi connectivity index (χ0v) is 14.5. The molecule has 5 nitrogen and oxygen atoms in total. The van der Waals surface area contributed by atoms with E-state index in [0.29, 0.717) is 11.7 Å². The second-order valence-electron chi connectivity index (χ2n) is 6.03. The van der Waals surface area contributed by atoms with E-state index in [1.165, 1.54) is 0 Å². The quantitative estimate of drug-likeness (QED) is 0.871. The van der Waals surface area contributed by atoms with Gasteiger partial charge in [0.25, 0.3) is 10.0 Å². The Morgan fingerprint density at radius 1 is 0.917 bits per heavy atom. The Labute approximate surface area is 143 Å². The number of sulfonamides is 1. The first kappa shape index (κ1) is 16.8. The first-order valence-corrected chi connectivity index (χ1v) is 9.55. The molecule has 0 bridgehead atoms. The second-order valence-corrected chi connectivity index (χ2v) is 7.71. The fraction of sp³-hybridized carbons (Fsp3) is 0.333. The number of benzene rings is 2. The molecule has 0 radical (unpaired) electrons. The minimum Gasteiger partial charge on any atom is -0.382 e. The number of hydrogen-bond donors (Lipinski definition) is 2. The maximum Gasteiger partial charge on any atom is 0.261 e. The summed E-state index contributed by atoms with van der Waals surface area (Å²) >= 11 is 0. The van der Waals surface area contributed by atoms with E-state index in [-0.39, 0.29) is 4.90 Å². The van der Waals surface area contributed by atoms with Crippen LogP contribution in [0.2, 0.25) is 0 Å². The summed E-state index contributed by atoms with van der Waals surface area (Å²) in [6.45, 7) is 3.49. The molecule has 0 atom stereocenters. The third-order valence-electron chi connectivity index (χ3n) is 4.06. The van der Waals surface area contributed by atoms with Gasteiger partial charge < -0.3 is 10.1 Å². The molecule has 0 saturated carbocycles. The Kier molecular flexibility index (Phi) is 5.06. The lowest BCUT2D eigenvalue weighted by atomic mass is 10.1. The first-order chi connectivity index (χ1) is 11.5. The average Bonchev–Trinajstić information content (AvgIpc) is 2.58. The molecule has 2 aromatic rings. The third kappa shape index (κ3) is 4.27. The number of anilines is 2. The van der Waals surface area contributed by atoms with Gasteiger partial charge in [0.15, 0.2) is 0 Å². The van der Waals surface area contributed by atoms with E-state index in [4.69, 9.17) is 4.74 Å². The van der Waals surface area contributed by atoms with Gasteiger partial charge in [-0.05, 0) is 56.2 Å². The summed E-state index contributed by atoms with van der Waals surface area (Å²) < 4.78 is 32.7. The zero-order valence-electron chi connectivity index (χ0n) is 13.7. The van der Waals surface area contributed by atoms with Gasteiger partial charge in [-0.2, -0.15) is 0 Å². The van der Waals surface area contributed by atoms with Crippen LogP contribution in [0.3, 0.4) is 0 Å². The maximum absolute atomic E-state index is 12.4. The van der Waals surface area contributed by atoms with E-state index in [1.54, 1.807) is 36.4 Å². The van der Waals surface area contributed by atoms with Crippen LogP contribution in [0.1, 0.15) is 18.4 Å². The Hall–Kier alpha value is -2.05. The Morgan fingerprint density at radius 2 is 1.50 bits per heavy atom. The standard InChI is InChI=1S/C18H22N2O3S/c1-14-2-8-18(9-3-14)24(21,22)20-17-6-4-15(5-7-17)19-16-10-12-23-13-11-16/h2-9,16,19-20H,10-13H2,1H3. The number of ether oxygens (including phenoxy) is 1. The van der Waals surface area contributed by atoms with Gasteiger partial charge in [-0.25, -0.2) is 8.42 Å². The van der Waals surface area contributed by atoms with Gasteiger partial charge >= 0.3 is 0 Å². The first-order valence-electron chi connectivity index (χ1n) is 8.07. The van der Waals surface area contributed by atoms with Crippen LogP contribution in [0.4, 0.5) is 11.4 Å². The van der Waals surface area contributed by atoms with Crippen molar-refractivity contribution in [3.8, 4) is 0 Å². The van der Waals surface area contributed by atoms with Crippen molar-refractivity contribution in [2.24, 2.45) is 0 Å². The summed E-state index contributed by atoms with van der Waals surface area (Å²) in [5, 5.41) is 3.45. The lowest BCUT2D eigenvalue weighted by Gasteiger charge is -2.24. The highest BCUT2D eigenvalue weighted by Gasteiger charge is 2.15. The fourth-order valence-corrected chi connectivity index (χ4v) is 3.70. The summed E-state index contributed by atoms with van der Waals surface area (Å²) in [5.74, 6) is 0.